The number of carbonyl (C=O) groups excluding carboxylic acids is 1. The number of aliphatic hydroxyl groups is 1. The smallest absolute Gasteiger partial charge is 0.317 e. The van der Waals surface area contributed by atoms with Crippen LogP contribution >= 0.6 is 0 Å². The molecule has 1 fully saturated rings. The van der Waals surface area contributed by atoms with E-state index in [0.717, 1.165) is 38.9 Å². The summed E-state index contributed by atoms with van der Waals surface area (Å²) in [5, 5.41) is 12.2. The van der Waals surface area contributed by atoms with Crippen molar-refractivity contribution in [3.05, 3.63) is 35.9 Å². The first kappa shape index (κ1) is 16.8. The standard InChI is InChI=1S/C17H27N3O2/c1-19(13-15-7-3-2-4-8-15)11-6-10-18-17(22)20-12-5-9-16(20)14-21/h2-4,7-8,16,21H,5-6,9-14H2,1H3,(H,18,22). The Kier molecular flexibility index (Phi) is 6.68. The normalized spacial score (nSPS) is 18.0. The van der Waals surface area contributed by atoms with Crippen molar-refractivity contribution in [2.45, 2.75) is 31.8 Å². The molecule has 0 radical (unpaired) electrons. The van der Waals surface area contributed by atoms with Gasteiger partial charge >= 0.3 is 6.03 Å². The zero-order valence-corrected chi connectivity index (χ0v) is 13.4. The van der Waals surface area contributed by atoms with E-state index in [1.807, 2.05) is 6.07 Å². The molecule has 22 heavy (non-hydrogen) atoms. The number of carbonyl (C=O) groups is 1. The Hall–Kier alpha value is -1.59. The third kappa shape index (κ3) is 5.00. The Morgan fingerprint density at radius 1 is 1.41 bits per heavy atom. The van der Waals surface area contributed by atoms with Crippen molar-refractivity contribution >= 4 is 6.03 Å². The average Bonchev–Trinajstić information content (AvgIpc) is 3.01. The van der Waals surface area contributed by atoms with Crippen molar-refractivity contribution < 1.29 is 9.90 Å². The zero-order valence-electron chi connectivity index (χ0n) is 13.4. The lowest BCUT2D eigenvalue weighted by Crippen LogP contribution is -2.44. The highest BCUT2D eigenvalue weighted by atomic mass is 16.3. The molecule has 0 aliphatic carbocycles. The van der Waals surface area contributed by atoms with Crippen LogP contribution in [0.3, 0.4) is 0 Å². The molecular weight excluding hydrogens is 278 g/mol. The van der Waals surface area contributed by atoms with Gasteiger partial charge in [0.1, 0.15) is 0 Å². The van der Waals surface area contributed by atoms with Gasteiger partial charge < -0.3 is 20.2 Å². The van der Waals surface area contributed by atoms with E-state index in [2.05, 4.69) is 41.5 Å². The molecule has 1 aromatic carbocycles. The Morgan fingerprint density at radius 2 is 2.18 bits per heavy atom. The molecule has 2 rings (SSSR count). The molecule has 0 spiro atoms. The van der Waals surface area contributed by atoms with Gasteiger partial charge in [-0.2, -0.15) is 0 Å². The minimum Gasteiger partial charge on any atom is -0.394 e. The van der Waals surface area contributed by atoms with Gasteiger partial charge in [0.25, 0.3) is 0 Å². The second kappa shape index (κ2) is 8.76. The number of hydrogen-bond donors (Lipinski definition) is 2. The van der Waals surface area contributed by atoms with Crippen LogP contribution in [0.15, 0.2) is 30.3 Å². The van der Waals surface area contributed by atoms with E-state index >= 15 is 0 Å². The number of likely N-dealkylation sites (tertiary alicyclic amines) is 1. The van der Waals surface area contributed by atoms with Crippen molar-refractivity contribution in [1.82, 2.24) is 15.1 Å². The number of amides is 2. The van der Waals surface area contributed by atoms with Gasteiger partial charge in [-0.15, -0.1) is 0 Å². The molecule has 1 unspecified atom stereocenters. The molecule has 0 saturated carbocycles. The van der Waals surface area contributed by atoms with E-state index in [9.17, 15) is 9.90 Å². The van der Waals surface area contributed by atoms with Crippen LogP contribution < -0.4 is 5.32 Å². The summed E-state index contributed by atoms with van der Waals surface area (Å²) in [5.74, 6) is 0. The number of hydrogen-bond acceptors (Lipinski definition) is 3. The Labute approximate surface area is 132 Å². The van der Waals surface area contributed by atoms with Crippen LogP contribution in [0.2, 0.25) is 0 Å². The summed E-state index contributed by atoms with van der Waals surface area (Å²) < 4.78 is 0. The number of nitrogens with zero attached hydrogens (tertiary/aromatic N) is 2. The monoisotopic (exact) mass is 305 g/mol. The van der Waals surface area contributed by atoms with Crippen molar-refractivity contribution in [2.75, 3.05) is 33.3 Å². The van der Waals surface area contributed by atoms with Gasteiger partial charge in [0.05, 0.1) is 12.6 Å². The fourth-order valence-corrected chi connectivity index (χ4v) is 2.91. The number of rotatable bonds is 7. The summed E-state index contributed by atoms with van der Waals surface area (Å²) in [6.45, 7) is 3.36. The van der Waals surface area contributed by atoms with Crippen LogP contribution in [0.4, 0.5) is 4.79 Å². The number of urea groups is 1. The lowest BCUT2D eigenvalue weighted by Gasteiger charge is -2.23. The maximum Gasteiger partial charge on any atom is 0.317 e. The molecule has 1 aromatic rings. The highest BCUT2D eigenvalue weighted by Gasteiger charge is 2.27. The highest BCUT2D eigenvalue weighted by Crippen LogP contribution is 2.16. The third-order valence-electron chi connectivity index (χ3n) is 4.14. The molecule has 1 aliphatic rings. The first-order valence-corrected chi connectivity index (χ1v) is 8.08. The van der Waals surface area contributed by atoms with Crippen molar-refractivity contribution in [3.63, 3.8) is 0 Å². The average molecular weight is 305 g/mol. The summed E-state index contributed by atoms with van der Waals surface area (Å²) >= 11 is 0. The van der Waals surface area contributed by atoms with Crippen LogP contribution in [-0.4, -0.2) is 60.3 Å². The lowest BCUT2D eigenvalue weighted by atomic mass is 10.2. The summed E-state index contributed by atoms with van der Waals surface area (Å²) in [4.78, 5) is 16.1. The molecule has 0 aromatic heterocycles. The lowest BCUT2D eigenvalue weighted by molar-refractivity contribution is 0.157. The molecule has 2 amide bonds. The predicted molar refractivity (Wildman–Crippen MR) is 87.6 cm³/mol. The molecule has 0 bridgehead atoms. The van der Waals surface area contributed by atoms with Crippen LogP contribution in [0.1, 0.15) is 24.8 Å². The van der Waals surface area contributed by atoms with Gasteiger partial charge in [0, 0.05) is 19.6 Å². The summed E-state index contributed by atoms with van der Waals surface area (Å²) in [6.07, 6.45) is 2.81. The van der Waals surface area contributed by atoms with E-state index < -0.39 is 0 Å². The fourth-order valence-electron chi connectivity index (χ4n) is 2.91. The van der Waals surface area contributed by atoms with E-state index in [1.54, 1.807) is 4.90 Å². The molecule has 2 N–H and O–H groups in total. The summed E-state index contributed by atoms with van der Waals surface area (Å²) in [7, 11) is 2.09. The maximum absolute atomic E-state index is 12.0. The SMILES string of the molecule is CN(CCCNC(=O)N1CCCC1CO)Cc1ccccc1. The van der Waals surface area contributed by atoms with Crippen LogP contribution in [0.25, 0.3) is 0 Å². The minimum absolute atomic E-state index is 0.000698. The largest absolute Gasteiger partial charge is 0.394 e. The Bertz CT molecular complexity index is 452. The molecule has 1 saturated heterocycles. The Morgan fingerprint density at radius 3 is 2.91 bits per heavy atom. The zero-order chi connectivity index (χ0) is 15.8. The van der Waals surface area contributed by atoms with Gasteiger partial charge in [-0.25, -0.2) is 4.79 Å². The molecule has 1 aliphatic heterocycles. The third-order valence-corrected chi connectivity index (χ3v) is 4.14. The van der Waals surface area contributed by atoms with Gasteiger partial charge in [0.2, 0.25) is 0 Å². The first-order valence-electron chi connectivity index (χ1n) is 8.08. The second-order valence-corrected chi connectivity index (χ2v) is 5.98. The van der Waals surface area contributed by atoms with E-state index in [1.165, 1.54) is 5.56 Å². The van der Waals surface area contributed by atoms with Gasteiger partial charge in [0.15, 0.2) is 0 Å². The molecule has 5 nitrogen and oxygen atoms in total. The van der Waals surface area contributed by atoms with E-state index in [-0.39, 0.29) is 18.7 Å². The molecule has 5 heteroatoms. The number of nitrogens with one attached hydrogen (secondary N) is 1. The van der Waals surface area contributed by atoms with Crippen molar-refractivity contribution in [3.8, 4) is 0 Å². The maximum atomic E-state index is 12.0. The fraction of sp³-hybridized carbons (Fsp3) is 0.588. The Balaban J connectivity index is 1.61. The molecule has 122 valence electrons. The van der Waals surface area contributed by atoms with Gasteiger partial charge in [-0.05, 0) is 38.4 Å². The van der Waals surface area contributed by atoms with Crippen molar-refractivity contribution in [1.29, 1.82) is 0 Å². The highest BCUT2D eigenvalue weighted by molar-refractivity contribution is 5.74. The van der Waals surface area contributed by atoms with Crippen LogP contribution in [0.5, 0.6) is 0 Å². The minimum atomic E-state index is -0.0396. The van der Waals surface area contributed by atoms with Crippen molar-refractivity contribution in [2.24, 2.45) is 0 Å². The quantitative estimate of drug-likeness (QED) is 0.754. The van der Waals surface area contributed by atoms with Gasteiger partial charge in [-0.3, -0.25) is 0 Å². The summed E-state index contributed by atoms with van der Waals surface area (Å²) in [6, 6.07) is 10.3. The molecule has 1 heterocycles. The summed E-state index contributed by atoms with van der Waals surface area (Å²) in [5.41, 5.74) is 1.30. The first-order chi connectivity index (χ1) is 10.7. The number of aliphatic hydroxyl groups excluding tert-OH is 1. The molecular formula is C17H27N3O2. The van der Waals surface area contributed by atoms with Crippen LogP contribution in [-0.2, 0) is 6.54 Å². The van der Waals surface area contributed by atoms with Crippen LogP contribution in [0, 0.1) is 0 Å². The molecule has 1 atom stereocenters. The number of benzene rings is 1. The van der Waals surface area contributed by atoms with Gasteiger partial charge in [-0.1, -0.05) is 30.3 Å². The van der Waals surface area contributed by atoms with E-state index in [4.69, 9.17) is 0 Å². The topological polar surface area (TPSA) is 55.8 Å². The second-order valence-electron chi connectivity index (χ2n) is 5.98. The van der Waals surface area contributed by atoms with E-state index in [0.29, 0.717) is 6.54 Å². The predicted octanol–water partition coefficient (Wildman–Crippen LogP) is 1.67.